The van der Waals surface area contributed by atoms with Crippen molar-refractivity contribution in [2.75, 3.05) is 77.2 Å². The fourth-order valence-electron chi connectivity index (χ4n) is 6.30. The Morgan fingerprint density at radius 3 is 1.54 bits per heavy atom. The van der Waals surface area contributed by atoms with Crippen LogP contribution in [0.2, 0.25) is 0 Å². The average Bonchev–Trinajstić information content (AvgIpc) is 3.18. The summed E-state index contributed by atoms with van der Waals surface area (Å²) in [5.74, 6) is 1.80. The molecule has 0 saturated carbocycles. The minimum atomic E-state index is -0.324. The normalized spacial score (nSPS) is 11.7. The quantitative estimate of drug-likeness (QED) is 0.0257. The summed E-state index contributed by atoms with van der Waals surface area (Å²) in [5, 5.41) is 0. The summed E-state index contributed by atoms with van der Waals surface area (Å²) in [6, 6.07) is 0. The van der Waals surface area contributed by atoms with Gasteiger partial charge >= 0.3 is 11.9 Å². The summed E-state index contributed by atoms with van der Waals surface area (Å²) in [5.41, 5.74) is 0. The highest BCUT2D eigenvalue weighted by atomic mass is 33.1. The van der Waals surface area contributed by atoms with Gasteiger partial charge in [-0.15, -0.1) is 0 Å². The van der Waals surface area contributed by atoms with E-state index in [0.29, 0.717) is 45.7 Å². The minimum absolute atomic E-state index is 0.0809. The van der Waals surface area contributed by atoms with Crippen molar-refractivity contribution in [1.29, 1.82) is 0 Å². The second kappa shape index (κ2) is 43.6. The van der Waals surface area contributed by atoms with Crippen molar-refractivity contribution >= 4 is 33.5 Å². The molecule has 0 aromatic rings. The molecule has 0 bridgehead atoms. The van der Waals surface area contributed by atoms with Crippen molar-refractivity contribution in [2.45, 2.75) is 195 Å². The lowest BCUT2D eigenvalue weighted by Gasteiger charge is -2.24. The lowest BCUT2D eigenvalue weighted by molar-refractivity contribution is -0.159. The van der Waals surface area contributed by atoms with Crippen molar-refractivity contribution in [3.8, 4) is 0 Å². The van der Waals surface area contributed by atoms with Gasteiger partial charge in [0, 0.05) is 37.7 Å². The molecule has 0 aliphatic carbocycles. The third-order valence-electron chi connectivity index (χ3n) is 9.89. The Morgan fingerprint density at radius 2 is 0.907 bits per heavy atom. The number of hydrogen-bond donors (Lipinski definition) is 0. The first-order chi connectivity index (χ1) is 26.5. The molecule has 0 atom stereocenters. The van der Waals surface area contributed by atoms with Crippen LogP contribution in [0.3, 0.4) is 0 Å². The van der Waals surface area contributed by atoms with E-state index in [4.69, 9.17) is 18.9 Å². The molecule has 0 radical (unpaired) electrons. The van der Waals surface area contributed by atoms with Crippen LogP contribution < -0.4 is 0 Å². The Labute approximate surface area is 342 Å². The monoisotopic (exact) mass is 805 g/mol. The predicted octanol–water partition coefficient (Wildman–Crippen LogP) is 11.9. The molecule has 0 N–H and O–H groups in total. The molecular formula is C44H88N2O6S2. The highest BCUT2D eigenvalue weighted by Gasteiger charge is 2.14. The Hall–Kier alpha value is -0.520. The van der Waals surface area contributed by atoms with E-state index in [1.165, 1.54) is 95.6 Å². The molecule has 0 aromatic heterocycles. The molecule has 0 unspecified atom stereocenters. The first-order valence-corrected chi connectivity index (χ1v) is 25.2. The maximum atomic E-state index is 12.5. The van der Waals surface area contributed by atoms with Gasteiger partial charge in [0.05, 0.1) is 19.4 Å². The highest BCUT2D eigenvalue weighted by molar-refractivity contribution is 8.76. The van der Waals surface area contributed by atoms with Gasteiger partial charge in [-0.05, 0) is 71.2 Å². The van der Waals surface area contributed by atoms with E-state index in [0.717, 1.165) is 90.0 Å². The molecule has 322 valence electrons. The van der Waals surface area contributed by atoms with Crippen molar-refractivity contribution in [1.82, 2.24) is 9.80 Å². The van der Waals surface area contributed by atoms with Crippen LogP contribution in [0.5, 0.6) is 0 Å². The Morgan fingerprint density at radius 1 is 0.444 bits per heavy atom. The van der Waals surface area contributed by atoms with Crippen LogP contribution >= 0.6 is 21.6 Å². The van der Waals surface area contributed by atoms with E-state index in [2.05, 4.69) is 44.4 Å². The molecule has 0 rings (SSSR count). The van der Waals surface area contributed by atoms with Gasteiger partial charge in [0.1, 0.15) is 6.61 Å². The van der Waals surface area contributed by atoms with Crippen LogP contribution in [0.25, 0.3) is 0 Å². The third kappa shape index (κ3) is 38.4. The highest BCUT2D eigenvalue weighted by Crippen LogP contribution is 2.23. The number of esters is 2. The average molecular weight is 805 g/mol. The second-order valence-electron chi connectivity index (χ2n) is 14.8. The fourth-order valence-corrected chi connectivity index (χ4v) is 8.28. The summed E-state index contributed by atoms with van der Waals surface area (Å²) in [7, 11) is 3.75. The lowest BCUT2D eigenvalue weighted by atomic mass is 10.1. The Kier molecular flexibility index (Phi) is 43.2. The third-order valence-corrected chi connectivity index (χ3v) is 12.3. The van der Waals surface area contributed by atoms with Crippen LogP contribution in [0.1, 0.15) is 189 Å². The lowest BCUT2D eigenvalue weighted by Crippen LogP contribution is -2.32. The SMILES string of the molecule is CCCCCCCCCCSSCCOC(=O)CCN(CCCCCCOC(=O)CCC(OCCCCCC)OCCCCCC)CCCN(CC)CC. The van der Waals surface area contributed by atoms with Gasteiger partial charge in [-0.2, -0.15) is 0 Å². The van der Waals surface area contributed by atoms with Crippen LogP contribution in [0.4, 0.5) is 0 Å². The number of carbonyl (C=O) groups is 2. The van der Waals surface area contributed by atoms with Gasteiger partial charge in [0.2, 0.25) is 0 Å². The van der Waals surface area contributed by atoms with Crippen molar-refractivity contribution in [3.05, 3.63) is 0 Å². The zero-order valence-electron chi connectivity index (χ0n) is 36.2. The van der Waals surface area contributed by atoms with Crippen molar-refractivity contribution < 1.29 is 28.5 Å². The molecule has 0 fully saturated rings. The Balaban J connectivity index is 4.27. The number of ether oxygens (including phenoxy) is 4. The molecule has 0 spiro atoms. The summed E-state index contributed by atoms with van der Waals surface area (Å²) < 4.78 is 23.1. The van der Waals surface area contributed by atoms with E-state index >= 15 is 0 Å². The molecule has 0 aliphatic heterocycles. The number of carbonyl (C=O) groups excluding carboxylic acids is 2. The van der Waals surface area contributed by atoms with E-state index in [-0.39, 0.29) is 18.2 Å². The molecular weight excluding hydrogens is 717 g/mol. The number of nitrogens with zero attached hydrogens (tertiary/aromatic N) is 2. The van der Waals surface area contributed by atoms with E-state index in [1.54, 1.807) is 0 Å². The molecule has 8 nitrogen and oxygen atoms in total. The standard InChI is InChI=1S/C44H88N2O6S2/c1-6-11-14-17-18-19-22-27-40-53-54-41-39-50-43(48)31-35-46(34-28-33-45(9-4)10-5)32-23-20-21-26-36-49-42(47)29-30-44(51-37-24-15-12-7-2)52-38-25-16-13-8-3/h44H,6-41H2,1-5H3. The van der Waals surface area contributed by atoms with Crippen LogP contribution in [-0.4, -0.2) is 105 Å². The maximum absolute atomic E-state index is 12.5. The molecule has 10 heteroatoms. The minimum Gasteiger partial charge on any atom is -0.466 e. The van der Waals surface area contributed by atoms with Gasteiger partial charge < -0.3 is 28.7 Å². The zero-order valence-corrected chi connectivity index (χ0v) is 37.8. The molecule has 0 heterocycles. The molecule has 54 heavy (non-hydrogen) atoms. The van der Waals surface area contributed by atoms with E-state index in [9.17, 15) is 9.59 Å². The molecule has 0 aromatic carbocycles. The molecule has 0 aliphatic rings. The zero-order chi connectivity index (χ0) is 39.6. The van der Waals surface area contributed by atoms with Crippen molar-refractivity contribution in [2.24, 2.45) is 0 Å². The molecule has 0 saturated heterocycles. The predicted molar refractivity (Wildman–Crippen MR) is 235 cm³/mol. The Bertz CT molecular complexity index is 778. The summed E-state index contributed by atoms with van der Waals surface area (Å²) >= 11 is 0. The van der Waals surface area contributed by atoms with Crippen LogP contribution in [0, 0.1) is 0 Å². The largest absolute Gasteiger partial charge is 0.466 e. The summed E-state index contributed by atoms with van der Waals surface area (Å²) in [4.78, 5) is 29.9. The molecule has 0 amide bonds. The number of unbranched alkanes of at least 4 members (excludes halogenated alkanes) is 16. The van der Waals surface area contributed by atoms with E-state index in [1.807, 2.05) is 21.6 Å². The van der Waals surface area contributed by atoms with Crippen LogP contribution in [0.15, 0.2) is 0 Å². The topological polar surface area (TPSA) is 77.5 Å². The number of rotatable bonds is 44. The van der Waals surface area contributed by atoms with Crippen LogP contribution in [-0.2, 0) is 28.5 Å². The van der Waals surface area contributed by atoms with Crippen molar-refractivity contribution in [3.63, 3.8) is 0 Å². The van der Waals surface area contributed by atoms with Gasteiger partial charge in [0.25, 0.3) is 0 Å². The first kappa shape index (κ1) is 53.5. The van der Waals surface area contributed by atoms with Gasteiger partial charge in [-0.3, -0.25) is 9.59 Å². The summed E-state index contributed by atoms with van der Waals surface area (Å²) in [6.07, 6.45) is 26.3. The van der Waals surface area contributed by atoms with Gasteiger partial charge in [0.15, 0.2) is 6.29 Å². The van der Waals surface area contributed by atoms with Gasteiger partial charge in [-0.1, -0.05) is 153 Å². The van der Waals surface area contributed by atoms with Gasteiger partial charge in [-0.25, -0.2) is 0 Å². The number of hydrogen-bond acceptors (Lipinski definition) is 10. The first-order valence-electron chi connectivity index (χ1n) is 22.7. The van der Waals surface area contributed by atoms with E-state index < -0.39 is 0 Å². The fraction of sp³-hybridized carbons (Fsp3) is 0.955. The second-order valence-corrected chi connectivity index (χ2v) is 17.5. The summed E-state index contributed by atoms with van der Waals surface area (Å²) in [6.45, 7) is 19.4. The maximum Gasteiger partial charge on any atom is 0.307 e. The smallest absolute Gasteiger partial charge is 0.307 e.